The van der Waals surface area contributed by atoms with Gasteiger partial charge in [-0.3, -0.25) is 4.57 Å². The van der Waals surface area contributed by atoms with Crippen LogP contribution in [0.25, 0.3) is 16.7 Å². The Morgan fingerprint density at radius 2 is 1.80 bits per heavy atom. The normalized spacial score (nSPS) is 11.4. The number of nitrogens with zero attached hydrogens (tertiary/aromatic N) is 2. The van der Waals surface area contributed by atoms with Crippen LogP contribution in [-0.2, 0) is 0 Å². The first-order valence-electron chi connectivity index (χ1n) is 6.60. The molecule has 1 aromatic heterocycles. The van der Waals surface area contributed by atoms with Gasteiger partial charge < -0.3 is 5.73 Å². The highest BCUT2D eigenvalue weighted by Gasteiger charge is 2.15. The maximum atomic E-state index is 5.86. The first kappa shape index (κ1) is 13.2. The summed E-state index contributed by atoms with van der Waals surface area (Å²) < 4.78 is 3.27. The molecule has 1 heterocycles. The van der Waals surface area contributed by atoms with E-state index in [9.17, 15) is 0 Å². The van der Waals surface area contributed by atoms with Gasteiger partial charge in [-0.05, 0) is 42.5 Å². The van der Waals surface area contributed by atoms with Gasteiger partial charge in [0.1, 0.15) is 5.82 Å². The molecule has 4 heteroatoms. The first-order chi connectivity index (χ1) is 9.56. The number of hydrogen-bond acceptors (Lipinski definition) is 2. The largest absolute Gasteiger partial charge is 0.399 e. The highest BCUT2D eigenvalue weighted by molar-refractivity contribution is 9.10. The minimum absolute atomic E-state index is 0.340. The van der Waals surface area contributed by atoms with Gasteiger partial charge in [-0.15, -0.1) is 0 Å². The molecular weight excluding hydrogens is 314 g/mol. The predicted octanol–water partition coefficient (Wildman–Crippen LogP) is 4.49. The average molecular weight is 330 g/mol. The Balaban J connectivity index is 2.31. The van der Waals surface area contributed by atoms with E-state index in [1.807, 2.05) is 30.3 Å². The third-order valence-corrected chi connectivity index (χ3v) is 3.83. The number of aromatic nitrogens is 2. The number of nitrogen functional groups attached to an aromatic ring is 1. The zero-order chi connectivity index (χ0) is 14.3. The summed E-state index contributed by atoms with van der Waals surface area (Å²) in [7, 11) is 0. The zero-order valence-electron chi connectivity index (χ0n) is 11.5. The van der Waals surface area contributed by atoms with Gasteiger partial charge in [0, 0.05) is 21.8 Å². The number of benzene rings is 2. The fourth-order valence-corrected chi connectivity index (χ4v) is 2.63. The van der Waals surface area contributed by atoms with E-state index in [2.05, 4.69) is 46.5 Å². The monoisotopic (exact) mass is 329 g/mol. The van der Waals surface area contributed by atoms with Gasteiger partial charge >= 0.3 is 0 Å². The third-order valence-electron chi connectivity index (χ3n) is 3.31. The Labute approximate surface area is 126 Å². The molecule has 0 saturated heterocycles. The summed E-state index contributed by atoms with van der Waals surface area (Å²) in [5.74, 6) is 1.39. The second kappa shape index (κ2) is 4.94. The van der Waals surface area contributed by atoms with Gasteiger partial charge in [0.25, 0.3) is 0 Å². The standard InChI is InChI=1S/C16H16BrN3/c1-10(2)16-19-14-9-12(18)5-8-15(14)20(16)13-6-3-11(17)4-7-13/h3-10H,18H2,1-2H3. The van der Waals surface area contributed by atoms with E-state index in [1.54, 1.807) is 0 Å². The van der Waals surface area contributed by atoms with Gasteiger partial charge in [0.15, 0.2) is 0 Å². The summed E-state index contributed by atoms with van der Waals surface area (Å²) in [6, 6.07) is 14.2. The maximum Gasteiger partial charge on any atom is 0.117 e. The number of fused-ring (bicyclic) bond motifs is 1. The van der Waals surface area contributed by atoms with E-state index in [-0.39, 0.29) is 0 Å². The molecule has 0 atom stereocenters. The lowest BCUT2D eigenvalue weighted by molar-refractivity contribution is 0.760. The maximum absolute atomic E-state index is 5.86. The molecule has 2 N–H and O–H groups in total. The predicted molar refractivity (Wildman–Crippen MR) is 87.3 cm³/mol. The Bertz CT molecular complexity index is 757. The highest BCUT2D eigenvalue weighted by atomic mass is 79.9. The van der Waals surface area contributed by atoms with Gasteiger partial charge in [-0.2, -0.15) is 0 Å². The Morgan fingerprint density at radius 3 is 2.45 bits per heavy atom. The number of hydrogen-bond donors (Lipinski definition) is 1. The van der Waals surface area contributed by atoms with Crippen LogP contribution in [0, 0.1) is 0 Å². The molecule has 0 amide bonds. The van der Waals surface area contributed by atoms with Crippen LogP contribution < -0.4 is 5.73 Å². The Morgan fingerprint density at radius 1 is 1.10 bits per heavy atom. The van der Waals surface area contributed by atoms with Crippen molar-refractivity contribution >= 4 is 32.7 Å². The molecular formula is C16H16BrN3. The van der Waals surface area contributed by atoms with E-state index < -0.39 is 0 Å². The lowest BCUT2D eigenvalue weighted by Gasteiger charge is -2.11. The van der Waals surface area contributed by atoms with Crippen molar-refractivity contribution in [2.24, 2.45) is 0 Å². The topological polar surface area (TPSA) is 43.8 Å². The Hall–Kier alpha value is -1.81. The second-order valence-corrected chi connectivity index (χ2v) is 6.10. The van der Waals surface area contributed by atoms with Crippen LogP contribution in [0.15, 0.2) is 46.9 Å². The zero-order valence-corrected chi connectivity index (χ0v) is 13.1. The van der Waals surface area contributed by atoms with Crippen molar-refractivity contribution in [2.75, 3.05) is 5.73 Å². The van der Waals surface area contributed by atoms with Crippen LogP contribution in [-0.4, -0.2) is 9.55 Å². The van der Waals surface area contributed by atoms with Gasteiger partial charge in [-0.1, -0.05) is 29.8 Å². The van der Waals surface area contributed by atoms with Crippen LogP contribution >= 0.6 is 15.9 Å². The van der Waals surface area contributed by atoms with Gasteiger partial charge in [0.2, 0.25) is 0 Å². The highest BCUT2D eigenvalue weighted by Crippen LogP contribution is 2.27. The van der Waals surface area contributed by atoms with E-state index in [1.165, 1.54) is 0 Å². The van der Waals surface area contributed by atoms with Gasteiger partial charge in [0.05, 0.1) is 11.0 Å². The summed E-state index contributed by atoms with van der Waals surface area (Å²) in [6.07, 6.45) is 0. The minimum atomic E-state index is 0.340. The van der Waals surface area contributed by atoms with E-state index in [0.29, 0.717) is 5.92 Å². The Kier molecular flexibility index (Phi) is 3.26. The molecule has 0 radical (unpaired) electrons. The van der Waals surface area contributed by atoms with E-state index >= 15 is 0 Å². The van der Waals surface area contributed by atoms with E-state index in [0.717, 1.165) is 32.7 Å². The van der Waals surface area contributed by atoms with Crippen LogP contribution in [0.5, 0.6) is 0 Å². The summed E-state index contributed by atoms with van der Waals surface area (Å²) in [5, 5.41) is 0. The lowest BCUT2D eigenvalue weighted by atomic mass is 10.2. The fourth-order valence-electron chi connectivity index (χ4n) is 2.36. The number of halogens is 1. The summed E-state index contributed by atoms with van der Waals surface area (Å²) in [5.41, 5.74) is 9.75. The number of anilines is 1. The molecule has 0 aliphatic rings. The number of rotatable bonds is 2. The molecule has 3 aromatic rings. The lowest BCUT2D eigenvalue weighted by Crippen LogP contribution is -2.02. The summed E-state index contributed by atoms with van der Waals surface area (Å²) in [6.45, 7) is 4.31. The molecule has 2 aromatic carbocycles. The molecule has 20 heavy (non-hydrogen) atoms. The molecule has 0 fully saturated rings. The molecule has 102 valence electrons. The van der Waals surface area contributed by atoms with Crippen LogP contribution in [0.3, 0.4) is 0 Å². The average Bonchev–Trinajstić information content (AvgIpc) is 2.78. The quantitative estimate of drug-likeness (QED) is 0.704. The fraction of sp³-hybridized carbons (Fsp3) is 0.188. The molecule has 0 saturated carbocycles. The van der Waals surface area contributed by atoms with Crippen molar-refractivity contribution in [1.29, 1.82) is 0 Å². The first-order valence-corrected chi connectivity index (χ1v) is 7.39. The van der Waals surface area contributed by atoms with Crippen molar-refractivity contribution in [3.63, 3.8) is 0 Å². The van der Waals surface area contributed by atoms with Crippen LogP contribution in [0.1, 0.15) is 25.6 Å². The van der Waals surface area contributed by atoms with Crippen molar-refractivity contribution in [1.82, 2.24) is 9.55 Å². The molecule has 0 bridgehead atoms. The van der Waals surface area contributed by atoms with Crippen molar-refractivity contribution in [3.05, 3.63) is 52.8 Å². The van der Waals surface area contributed by atoms with E-state index in [4.69, 9.17) is 10.7 Å². The number of imidazole rings is 1. The molecule has 0 aliphatic heterocycles. The molecule has 0 aliphatic carbocycles. The SMILES string of the molecule is CC(C)c1nc2cc(N)ccc2n1-c1ccc(Br)cc1. The molecule has 3 nitrogen and oxygen atoms in total. The molecule has 0 unspecified atom stereocenters. The smallest absolute Gasteiger partial charge is 0.117 e. The van der Waals surface area contributed by atoms with Gasteiger partial charge in [-0.25, -0.2) is 4.98 Å². The second-order valence-electron chi connectivity index (χ2n) is 5.18. The number of nitrogens with two attached hydrogens (primary N) is 1. The van der Waals surface area contributed by atoms with Crippen LogP contribution in [0.4, 0.5) is 5.69 Å². The van der Waals surface area contributed by atoms with Crippen molar-refractivity contribution in [2.45, 2.75) is 19.8 Å². The third kappa shape index (κ3) is 2.20. The summed E-state index contributed by atoms with van der Waals surface area (Å²) >= 11 is 3.47. The minimum Gasteiger partial charge on any atom is -0.399 e. The van der Waals surface area contributed by atoms with Crippen molar-refractivity contribution < 1.29 is 0 Å². The van der Waals surface area contributed by atoms with Crippen molar-refractivity contribution in [3.8, 4) is 5.69 Å². The molecule has 0 spiro atoms. The van der Waals surface area contributed by atoms with Crippen LogP contribution in [0.2, 0.25) is 0 Å². The summed E-state index contributed by atoms with van der Waals surface area (Å²) in [4.78, 5) is 4.74. The molecule has 3 rings (SSSR count).